The second-order valence-electron chi connectivity index (χ2n) is 5.95. The van der Waals surface area contributed by atoms with Crippen molar-refractivity contribution in [2.24, 2.45) is 11.8 Å². The molecular formula is C15H30N2O3. The first kappa shape index (κ1) is 18.7. The first-order valence-corrected chi connectivity index (χ1v) is 7.57. The van der Waals surface area contributed by atoms with E-state index >= 15 is 0 Å². The topological polar surface area (TPSA) is 67.4 Å². The lowest BCUT2D eigenvalue weighted by molar-refractivity contribution is -0.123. The van der Waals surface area contributed by atoms with Crippen LogP contribution >= 0.6 is 0 Å². The first-order chi connectivity index (χ1) is 9.36. The van der Waals surface area contributed by atoms with E-state index in [1.807, 2.05) is 34.6 Å². The summed E-state index contributed by atoms with van der Waals surface area (Å²) in [5, 5.41) is 5.51. The van der Waals surface area contributed by atoms with Crippen molar-refractivity contribution in [1.29, 1.82) is 0 Å². The summed E-state index contributed by atoms with van der Waals surface area (Å²) in [5.41, 5.74) is 0. The lowest BCUT2D eigenvalue weighted by Gasteiger charge is -2.20. The highest BCUT2D eigenvalue weighted by Gasteiger charge is 2.22. The molecule has 20 heavy (non-hydrogen) atoms. The normalized spacial score (nSPS) is 12.3. The standard InChI is InChI=1S/C15H30N2O3/c1-6-7-8-20-15(19)17-13(9-11(2)3)14(18)16-10-12(4)5/h11-13H,6-10H2,1-5H3,(H,16,18)(H,17,19)/t13-/m0/s1. The molecule has 0 unspecified atom stereocenters. The van der Waals surface area contributed by atoms with Crippen LogP contribution in [0.15, 0.2) is 0 Å². The van der Waals surface area contributed by atoms with E-state index in [0.29, 0.717) is 31.4 Å². The fraction of sp³-hybridized carbons (Fsp3) is 0.867. The van der Waals surface area contributed by atoms with E-state index in [-0.39, 0.29) is 5.91 Å². The summed E-state index contributed by atoms with van der Waals surface area (Å²) in [4.78, 5) is 23.7. The molecule has 0 aromatic heterocycles. The number of hydrogen-bond donors (Lipinski definition) is 2. The molecule has 0 aliphatic carbocycles. The third-order valence-corrected chi connectivity index (χ3v) is 2.73. The van der Waals surface area contributed by atoms with Gasteiger partial charge < -0.3 is 15.4 Å². The molecule has 0 radical (unpaired) electrons. The Bertz CT molecular complexity index is 291. The molecule has 118 valence electrons. The fourth-order valence-electron chi connectivity index (χ4n) is 1.62. The zero-order chi connectivity index (χ0) is 15.5. The number of carbonyl (C=O) groups excluding carboxylic acids is 2. The molecule has 2 amide bonds. The van der Waals surface area contributed by atoms with Crippen molar-refractivity contribution in [2.45, 2.75) is 59.9 Å². The second-order valence-corrected chi connectivity index (χ2v) is 5.95. The van der Waals surface area contributed by atoms with Gasteiger partial charge >= 0.3 is 6.09 Å². The van der Waals surface area contributed by atoms with Crippen LogP contribution in [0.2, 0.25) is 0 Å². The van der Waals surface area contributed by atoms with Crippen LogP contribution in [0.1, 0.15) is 53.9 Å². The van der Waals surface area contributed by atoms with E-state index in [0.717, 1.165) is 12.8 Å². The maximum absolute atomic E-state index is 12.1. The number of ether oxygens (including phenoxy) is 1. The van der Waals surface area contributed by atoms with Gasteiger partial charge in [0.25, 0.3) is 0 Å². The number of nitrogens with one attached hydrogen (secondary N) is 2. The number of hydrogen-bond acceptors (Lipinski definition) is 3. The van der Waals surface area contributed by atoms with Crippen LogP contribution in [-0.4, -0.2) is 31.2 Å². The van der Waals surface area contributed by atoms with E-state index in [4.69, 9.17) is 4.74 Å². The Kier molecular flexibility index (Phi) is 9.86. The van der Waals surface area contributed by atoms with Crippen molar-refractivity contribution < 1.29 is 14.3 Å². The molecule has 0 spiro atoms. The van der Waals surface area contributed by atoms with E-state index in [1.54, 1.807) is 0 Å². The van der Waals surface area contributed by atoms with Crippen LogP contribution < -0.4 is 10.6 Å². The highest BCUT2D eigenvalue weighted by atomic mass is 16.5. The van der Waals surface area contributed by atoms with Gasteiger partial charge in [-0.25, -0.2) is 4.79 Å². The Morgan fingerprint density at radius 2 is 1.75 bits per heavy atom. The zero-order valence-electron chi connectivity index (χ0n) is 13.5. The molecule has 0 heterocycles. The minimum absolute atomic E-state index is 0.139. The van der Waals surface area contributed by atoms with Gasteiger partial charge in [-0.2, -0.15) is 0 Å². The zero-order valence-corrected chi connectivity index (χ0v) is 13.5. The molecule has 0 saturated carbocycles. The summed E-state index contributed by atoms with van der Waals surface area (Å²) in [6, 6.07) is -0.525. The minimum atomic E-state index is -0.525. The summed E-state index contributed by atoms with van der Waals surface area (Å²) in [5.74, 6) is 0.565. The Morgan fingerprint density at radius 1 is 1.10 bits per heavy atom. The quantitative estimate of drug-likeness (QED) is 0.640. The molecule has 0 fully saturated rings. The summed E-state index contributed by atoms with van der Waals surface area (Å²) in [6.07, 6.45) is 1.90. The van der Waals surface area contributed by atoms with Crippen molar-refractivity contribution in [3.63, 3.8) is 0 Å². The number of unbranched alkanes of at least 4 members (excludes halogenated alkanes) is 1. The van der Waals surface area contributed by atoms with Crippen LogP contribution in [0.3, 0.4) is 0 Å². The second kappa shape index (κ2) is 10.5. The largest absolute Gasteiger partial charge is 0.450 e. The van der Waals surface area contributed by atoms with E-state index in [2.05, 4.69) is 10.6 Å². The molecule has 1 atom stereocenters. The lowest BCUT2D eigenvalue weighted by Crippen LogP contribution is -2.48. The van der Waals surface area contributed by atoms with Crippen LogP contribution in [0, 0.1) is 11.8 Å². The van der Waals surface area contributed by atoms with Crippen molar-refractivity contribution >= 4 is 12.0 Å². The molecule has 0 rings (SSSR count). The fourth-order valence-corrected chi connectivity index (χ4v) is 1.62. The Morgan fingerprint density at radius 3 is 2.25 bits per heavy atom. The van der Waals surface area contributed by atoms with Gasteiger partial charge in [0.2, 0.25) is 5.91 Å². The molecule has 5 nitrogen and oxygen atoms in total. The van der Waals surface area contributed by atoms with Crippen molar-refractivity contribution in [3.8, 4) is 0 Å². The van der Waals surface area contributed by atoms with Crippen LogP contribution in [0.4, 0.5) is 4.79 Å². The van der Waals surface area contributed by atoms with Gasteiger partial charge in [-0.05, 0) is 24.7 Å². The Balaban J connectivity index is 4.32. The SMILES string of the molecule is CCCCOC(=O)N[C@@H](CC(C)C)C(=O)NCC(C)C. The van der Waals surface area contributed by atoms with Crippen LogP contribution in [0.25, 0.3) is 0 Å². The van der Waals surface area contributed by atoms with Gasteiger partial charge in [0, 0.05) is 6.54 Å². The number of alkyl carbamates (subject to hydrolysis) is 1. The van der Waals surface area contributed by atoms with Gasteiger partial charge in [0.1, 0.15) is 6.04 Å². The van der Waals surface area contributed by atoms with Gasteiger partial charge in [-0.3, -0.25) is 4.79 Å². The van der Waals surface area contributed by atoms with Crippen LogP contribution in [-0.2, 0) is 9.53 Å². The third kappa shape index (κ3) is 9.64. The van der Waals surface area contributed by atoms with E-state index in [9.17, 15) is 9.59 Å². The molecule has 5 heteroatoms. The molecular weight excluding hydrogens is 256 g/mol. The molecule has 0 aromatic carbocycles. The predicted octanol–water partition coefficient (Wildman–Crippen LogP) is 2.70. The average molecular weight is 286 g/mol. The van der Waals surface area contributed by atoms with E-state index < -0.39 is 12.1 Å². The van der Waals surface area contributed by atoms with E-state index in [1.165, 1.54) is 0 Å². The third-order valence-electron chi connectivity index (χ3n) is 2.73. The van der Waals surface area contributed by atoms with Crippen molar-refractivity contribution in [2.75, 3.05) is 13.2 Å². The minimum Gasteiger partial charge on any atom is -0.450 e. The van der Waals surface area contributed by atoms with Gasteiger partial charge in [0.05, 0.1) is 6.61 Å². The molecule has 0 saturated heterocycles. The maximum atomic E-state index is 12.1. The summed E-state index contributed by atoms with van der Waals surface area (Å²) in [6.45, 7) is 11.1. The first-order valence-electron chi connectivity index (χ1n) is 7.57. The molecule has 0 aromatic rings. The average Bonchev–Trinajstić information content (AvgIpc) is 2.34. The van der Waals surface area contributed by atoms with Gasteiger partial charge in [-0.15, -0.1) is 0 Å². The summed E-state index contributed by atoms with van der Waals surface area (Å²) < 4.78 is 5.04. The monoisotopic (exact) mass is 286 g/mol. The molecule has 0 aliphatic heterocycles. The highest BCUT2D eigenvalue weighted by molar-refractivity contribution is 5.85. The van der Waals surface area contributed by atoms with Crippen molar-refractivity contribution in [3.05, 3.63) is 0 Å². The summed E-state index contributed by atoms with van der Waals surface area (Å²) in [7, 11) is 0. The van der Waals surface area contributed by atoms with Gasteiger partial charge in [0.15, 0.2) is 0 Å². The Labute approximate surface area is 122 Å². The predicted molar refractivity (Wildman–Crippen MR) is 80.5 cm³/mol. The highest BCUT2D eigenvalue weighted by Crippen LogP contribution is 2.06. The summed E-state index contributed by atoms with van der Waals surface area (Å²) >= 11 is 0. The van der Waals surface area contributed by atoms with Crippen LogP contribution in [0.5, 0.6) is 0 Å². The smallest absolute Gasteiger partial charge is 0.407 e. The van der Waals surface area contributed by atoms with Gasteiger partial charge in [-0.1, -0.05) is 41.0 Å². The number of carbonyl (C=O) groups is 2. The molecule has 0 aliphatic rings. The maximum Gasteiger partial charge on any atom is 0.407 e. The number of amides is 2. The number of rotatable bonds is 9. The Hall–Kier alpha value is -1.26. The lowest BCUT2D eigenvalue weighted by atomic mass is 10.0. The molecule has 2 N–H and O–H groups in total. The molecule has 0 bridgehead atoms. The van der Waals surface area contributed by atoms with Crippen molar-refractivity contribution in [1.82, 2.24) is 10.6 Å².